The van der Waals surface area contributed by atoms with Crippen LogP contribution in [0.15, 0.2) is 12.2 Å². The summed E-state index contributed by atoms with van der Waals surface area (Å²) in [7, 11) is 0. The second-order valence-corrected chi connectivity index (χ2v) is 5.37. The van der Waals surface area contributed by atoms with Crippen LogP contribution >= 0.6 is 0 Å². The SMILES string of the molecule is CC1(C)OC(=O)C2C3C=CC(CC3)C21. The van der Waals surface area contributed by atoms with Gasteiger partial charge in [0.1, 0.15) is 5.60 Å². The first-order valence-corrected chi connectivity index (χ1v) is 5.51. The van der Waals surface area contributed by atoms with Crippen molar-refractivity contribution in [3.05, 3.63) is 12.2 Å². The lowest BCUT2D eigenvalue weighted by Gasteiger charge is -2.42. The molecule has 0 amide bonds. The van der Waals surface area contributed by atoms with E-state index >= 15 is 0 Å². The van der Waals surface area contributed by atoms with E-state index < -0.39 is 0 Å². The first-order valence-electron chi connectivity index (χ1n) is 5.51. The molecule has 1 aliphatic heterocycles. The number of fused-ring (bicyclic) bond motifs is 1. The van der Waals surface area contributed by atoms with E-state index in [0.29, 0.717) is 17.8 Å². The molecule has 0 aromatic carbocycles. The van der Waals surface area contributed by atoms with E-state index in [2.05, 4.69) is 26.0 Å². The molecular weight excluding hydrogens is 176 g/mol. The molecule has 4 rings (SSSR count). The average Bonchev–Trinajstić information content (AvgIpc) is 2.41. The summed E-state index contributed by atoms with van der Waals surface area (Å²) in [5, 5.41) is 0. The van der Waals surface area contributed by atoms with Crippen molar-refractivity contribution in [2.45, 2.75) is 32.3 Å². The van der Waals surface area contributed by atoms with Gasteiger partial charge in [-0.1, -0.05) is 12.2 Å². The van der Waals surface area contributed by atoms with Crippen LogP contribution in [0.4, 0.5) is 0 Å². The Labute approximate surface area is 84.3 Å². The predicted molar refractivity (Wildman–Crippen MR) is 52.5 cm³/mol. The number of carbonyl (C=O) groups is 1. The number of rotatable bonds is 0. The van der Waals surface area contributed by atoms with E-state index in [9.17, 15) is 4.79 Å². The number of esters is 1. The van der Waals surface area contributed by atoms with Crippen LogP contribution in [-0.2, 0) is 9.53 Å². The van der Waals surface area contributed by atoms with Gasteiger partial charge in [0.2, 0.25) is 0 Å². The third-order valence-corrected chi connectivity index (χ3v) is 4.19. The lowest BCUT2D eigenvalue weighted by atomic mass is 9.59. The van der Waals surface area contributed by atoms with Gasteiger partial charge in [0.05, 0.1) is 5.92 Å². The molecule has 1 saturated carbocycles. The van der Waals surface area contributed by atoms with Gasteiger partial charge in [-0.3, -0.25) is 4.79 Å². The van der Waals surface area contributed by atoms with E-state index in [4.69, 9.17) is 4.74 Å². The molecule has 4 atom stereocenters. The van der Waals surface area contributed by atoms with Crippen LogP contribution in [0.2, 0.25) is 0 Å². The Morgan fingerprint density at radius 1 is 1.29 bits per heavy atom. The van der Waals surface area contributed by atoms with Crippen molar-refractivity contribution in [3.63, 3.8) is 0 Å². The normalized spacial score (nSPS) is 47.7. The highest BCUT2D eigenvalue weighted by Crippen LogP contribution is 2.54. The van der Waals surface area contributed by atoms with Crippen LogP contribution in [0.25, 0.3) is 0 Å². The lowest BCUT2D eigenvalue weighted by molar-refractivity contribution is -0.149. The van der Waals surface area contributed by atoms with Crippen LogP contribution in [-0.4, -0.2) is 11.6 Å². The number of hydrogen-bond acceptors (Lipinski definition) is 2. The second kappa shape index (κ2) is 2.41. The van der Waals surface area contributed by atoms with Gasteiger partial charge in [-0.05, 0) is 38.5 Å². The third kappa shape index (κ3) is 0.891. The molecule has 0 aromatic heterocycles. The maximum absolute atomic E-state index is 11.8. The molecule has 4 aliphatic rings. The highest BCUT2D eigenvalue weighted by Gasteiger charge is 2.58. The molecule has 4 unspecified atom stereocenters. The predicted octanol–water partition coefficient (Wildman–Crippen LogP) is 2.15. The third-order valence-electron chi connectivity index (χ3n) is 4.19. The molecule has 0 spiro atoms. The van der Waals surface area contributed by atoms with Crippen molar-refractivity contribution in [1.29, 1.82) is 0 Å². The van der Waals surface area contributed by atoms with Crippen molar-refractivity contribution in [3.8, 4) is 0 Å². The minimum atomic E-state index is -0.240. The quantitative estimate of drug-likeness (QED) is 0.434. The summed E-state index contributed by atoms with van der Waals surface area (Å²) < 4.78 is 5.50. The van der Waals surface area contributed by atoms with Gasteiger partial charge in [0.25, 0.3) is 0 Å². The fraction of sp³-hybridized carbons (Fsp3) is 0.750. The van der Waals surface area contributed by atoms with Gasteiger partial charge >= 0.3 is 5.97 Å². The molecule has 2 heteroatoms. The highest BCUT2D eigenvalue weighted by molar-refractivity contribution is 5.77. The molecular formula is C12H16O2. The van der Waals surface area contributed by atoms with Crippen LogP contribution < -0.4 is 0 Å². The smallest absolute Gasteiger partial charge is 0.310 e. The largest absolute Gasteiger partial charge is 0.459 e. The maximum Gasteiger partial charge on any atom is 0.310 e. The molecule has 1 heterocycles. The minimum Gasteiger partial charge on any atom is -0.459 e. The Hall–Kier alpha value is -0.790. The van der Waals surface area contributed by atoms with E-state index in [1.807, 2.05) is 0 Å². The standard InChI is InChI=1S/C12H16O2/c1-12(2)10-8-5-3-7(4-6-8)9(10)11(13)14-12/h3,5,7-10H,4,6H2,1-2H3. The fourth-order valence-electron chi connectivity index (χ4n) is 3.66. The zero-order valence-electron chi connectivity index (χ0n) is 8.69. The fourth-order valence-corrected chi connectivity index (χ4v) is 3.66. The van der Waals surface area contributed by atoms with Crippen molar-refractivity contribution in [1.82, 2.24) is 0 Å². The van der Waals surface area contributed by atoms with Crippen molar-refractivity contribution in [2.24, 2.45) is 23.7 Å². The summed E-state index contributed by atoms with van der Waals surface area (Å²) in [6, 6.07) is 0. The monoisotopic (exact) mass is 192 g/mol. The zero-order valence-corrected chi connectivity index (χ0v) is 8.69. The zero-order chi connectivity index (χ0) is 9.92. The summed E-state index contributed by atoms with van der Waals surface area (Å²) in [6.07, 6.45) is 6.95. The van der Waals surface area contributed by atoms with Gasteiger partial charge < -0.3 is 4.74 Å². The Kier molecular flexibility index (Phi) is 1.47. The average molecular weight is 192 g/mol. The summed E-state index contributed by atoms with van der Waals surface area (Å²) >= 11 is 0. The maximum atomic E-state index is 11.8. The number of cyclic esters (lactones) is 1. The second-order valence-electron chi connectivity index (χ2n) is 5.37. The molecule has 1 saturated heterocycles. The molecule has 0 radical (unpaired) electrons. The van der Waals surface area contributed by atoms with Crippen LogP contribution in [0, 0.1) is 23.7 Å². The number of carbonyl (C=O) groups excluding carboxylic acids is 1. The van der Waals surface area contributed by atoms with Crippen LogP contribution in [0.5, 0.6) is 0 Å². The number of hydrogen-bond donors (Lipinski definition) is 0. The minimum absolute atomic E-state index is 0.0408. The van der Waals surface area contributed by atoms with E-state index in [0.717, 1.165) is 0 Å². The van der Waals surface area contributed by atoms with Crippen molar-refractivity contribution >= 4 is 5.97 Å². The molecule has 2 nitrogen and oxygen atoms in total. The number of allylic oxidation sites excluding steroid dienone is 2. The van der Waals surface area contributed by atoms with Gasteiger partial charge in [0.15, 0.2) is 0 Å². The van der Waals surface area contributed by atoms with Gasteiger partial charge in [0, 0.05) is 5.92 Å². The molecule has 76 valence electrons. The lowest BCUT2D eigenvalue weighted by Crippen LogP contribution is -2.43. The molecule has 2 fully saturated rings. The summed E-state index contributed by atoms with van der Waals surface area (Å²) in [4.78, 5) is 11.8. The summed E-state index contributed by atoms with van der Waals surface area (Å²) in [5.41, 5.74) is -0.240. The molecule has 0 N–H and O–H groups in total. The highest BCUT2D eigenvalue weighted by atomic mass is 16.6. The van der Waals surface area contributed by atoms with Crippen LogP contribution in [0.3, 0.4) is 0 Å². The van der Waals surface area contributed by atoms with E-state index in [-0.39, 0.29) is 17.5 Å². The molecule has 0 aromatic rings. The summed E-state index contributed by atoms with van der Waals surface area (Å²) in [6.45, 7) is 4.12. The van der Waals surface area contributed by atoms with Crippen molar-refractivity contribution in [2.75, 3.05) is 0 Å². The van der Waals surface area contributed by atoms with Gasteiger partial charge in [-0.15, -0.1) is 0 Å². The van der Waals surface area contributed by atoms with E-state index in [1.165, 1.54) is 12.8 Å². The number of ether oxygens (including phenoxy) is 1. The van der Waals surface area contributed by atoms with Crippen LogP contribution in [0.1, 0.15) is 26.7 Å². The Bertz CT molecular complexity index is 316. The summed E-state index contributed by atoms with van der Waals surface area (Å²) in [5.74, 6) is 1.66. The molecule has 14 heavy (non-hydrogen) atoms. The topological polar surface area (TPSA) is 26.3 Å². The first kappa shape index (κ1) is 8.51. The Balaban J connectivity index is 2.06. The molecule has 2 bridgehead atoms. The Morgan fingerprint density at radius 3 is 2.50 bits per heavy atom. The van der Waals surface area contributed by atoms with Crippen molar-refractivity contribution < 1.29 is 9.53 Å². The molecule has 3 aliphatic carbocycles. The van der Waals surface area contributed by atoms with Gasteiger partial charge in [-0.2, -0.15) is 0 Å². The Morgan fingerprint density at radius 2 is 1.93 bits per heavy atom. The van der Waals surface area contributed by atoms with Gasteiger partial charge in [-0.25, -0.2) is 0 Å². The first-order chi connectivity index (χ1) is 6.59. The van der Waals surface area contributed by atoms with E-state index in [1.54, 1.807) is 0 Å².